The number of benzene rings is 2. The third-order valence-corrected chi connectivity index (χ3v) is 5.09. The summed E-state index contributed by atoms with van der Waals surface area (Å²) in [6.45, 7) is 0.678. The van der Waals surface area contributed by atoms with Crippen molar-refractivity contribution in [2.45, 2.75) is 18.9 Å². The zero-order valence-electron chi connectivity index (χ0n) is 16.6. The number of methoxy groups -OCH3 is 1. The van der Waals surface area contributed by atoms with E-state index in [9.17, 15) is 14.4 Å². The third kappa shape index (κ3) is 3.99. The topological polar surface area (TPSA) is 94.2 Å². The third-order valence-electron chi connectivity index (χ3n) is 5.09. The molecule has 1 N–H and O–H groups in total. The van der Waals surface area contributed by atoms with Crippen molar-refractivity contribution < 1.29 is 28.6 Å². The summed E-state index contributed by atoms with van der Waals surface area (Å²) in [7, 11) is 1.52. The normalized spacial score (nSPS) is 17.8. The maximum Gasteiger partial charge on any atom is 0.262 e. The lowest BCUT2D eigenvalue weighted by molar-refractivity contribution is -0.118. The van der Waals surface area contributed by atoms with Gasteiger partial charge in [0.1, 0.15) is 0 Å². The first-order valence-corrected chi connectivity index (χ1v) is 9.74. The van der Waals surface area contributed by atoms with Crippen molar-refractivity contribution in [1.29, 1.82) is 0 Å². The van der Waals surface area contributed by atoms with Gasteiger partial charge in [-0.25, -0.2) is 0 Å². The molecule has 8 nitrogen and oxygen atoms in total. The Morgan fingerprint density at radius 2 is 1.90 bits per heavy atom. The highest BCUT2D eigenvalue weighted by atomic mass is 16.5. The highest BCUT2D eigenvalue weighted by Crippen LogP contribution is 2.28. The summed E-state index contributed by atoms with van der Waals surface area (Å²) in [5.74, 6) is -0.114. The zero-order chi connectivity index (χ0) is 21.1. The molecule has 1 saturated heterocycles. The first-order chi connectivity index (χ1) is 14.6. The Bertz CT molecular complexity index is 983. The molecule has 2 aromatic rings. The molecule has 2 heterocycles. The van der Waals surface area contributed by atoms with E-state index in [1.807, 2.05) is 0 Å². The lowest BCUT2D eigenvalue weighted by Gasteiger charge is -2.17. The Morgan fingerprint density at radius 3 is 2.63 bits per heavy atom. The number of para-hydroxylation sites is 2. The van der Waals surface area contributed by atoms with E-state index in [4.69, 9.17) is 14.2 Å². The molecule has 2 aromatic carbocycles. The summed E-state index contributed by atoms with van der Waals surface area (Å²) in [5.41, 5.74) is 1.03. The van der Waals surface area contributed by atoms with Gasteiger partial charge in [0, 0.05) is 12.3 Å². The second kappa shape index (κ2) is 8.54. The second-order valence-electron chi connectivity index (χ2n) is 7.10. The summed E-state index contributed by atoms with van der Waals surface area (Å²) in [6, 6.07) is 11.7. The van der Waals surface area contributed by atoms with Crippen molar-refractivity contribution in [3.8, 4) is 11.5 Å². The molecule has 3 amide bonds. The van der Waals surface area contributed by atoms with Gasteiger partial charge in [-0.3, -0.25) is 19.3 Å². The molecule has 2 aliphatic heterocycles. The molecule has 0 spiro atoms. The number of hydrogen-bond donors (Lipinski definition) is 1. The van der Waals surface area contributed by atoms with Crippen molar-refractivity contribution >= 4 is 23.4 Å². The van der Waals surface area contributed by atoms with Crippen molar-refractivity contribution in [2.75, 3.05) is 32.2 Å². The molecule has 0 unspecified atom stereocenters. The van der Waals surface area contributed by atoms with Crippen molar-refractivity contribution in [2.24, 2.45) is 0 Å². The van der Waals surface area contributed by atoms with Gasteiger partial charge in [-0.2, -0.15) is 0 Å². The summed E-state index contributed by atoms with van der Waals surface area (Å²) >= 11 is 0. The Kier molecular flexibility index (Phi) is 5.67. The number of carbonyl (C=O) groups excluding carboxylic acids is 3. The van der Waals surface area contributed by atoms with E-state index in [-0.39, 0.29) is 36.6 Å². The number of ether oxygens (including phenoxy) is 3. The van der Waals surface area contributed by atoms with Crippen molar-refractivity contribution in [3.05, 3.63) is 53.6 Å². The molecule has 0 aromatic heterocycles. The highest BCUT2D eigenvalue weighted by molar-refractivity contribution is 6.21. The van der Waals surface area contributed by atoms with E-state index >= 15 is 0 Å². The van der Waals surface area contributed by atoms with Crippen LogP contribution in [0.25, 0.3) is 0 Å². The fourth-order valence-corrected chi connectivity index (χ4v) is 3.60. The van der Waals surface area contributed by atoms with Crippen molar-refractivity contribution in [3.63, 3.8) is 0 Å². The van der Waals surface area contributed by atoms with Crippen LogP contribution in [0.3, 0.4) is 0 Å². The Balaban J connectivity index is 1.40. The maximum absolute atomic E-state index is 12.7. The number of anilines is 1. The van der Waals surface area contributed by atoms with E-state index in [2.05, 4.69) is 5.32 Å². The molecule has 0 aliphatic carbocycles. The van der Waals surface area contributed by atoms with Crippen LogP contribution < -0.4 is 14.8 Å². The number of carbonyl (C=O) groups is 3. The van der Waals surface area contributed by atoms with Gasteiger partial charge in [-0.15, -0.1) is 0 Å². The second-order valence-corrected chi connectivity index (χ2v) is 7.10. The summed E-state index contributed by atoms with van der Waals surface area (Å²) in [5, 5.41) is 2.69. The van der Waals surface area contributed by atoms with E-state index in [1.54, 1.807) is 36.4 Å². The standard InChI is InChI=1S/C22H22N2O6/c1-28-18-6-2-3-7-19(18)30-13-20(25)23-14-8-9-16-17(11-14)22(27)24(21(16)26)12-15-5-4-10-29-15/h2-3,6-9,11,15H,4-5,10,12-13H2,1H3,(H,23,25)/t15-/m0/s1. The fraction of sp³-hybridized carbons (Fsp3) is 0.318. The SMILES string of the molecule is COc1ccccc1OCC(=O)Nc1ccc2c(c1)C(=O)N(C[C@@H]1CCCO1)C2=O. The Morgan fingerprint density at radius 1 is 1.13 bits per heavy atom. The van der Waals surface area contributed by atoms with Crippen LogP contribution in [-0.2, 0) is 9.53 Å². The van der Waals surface area contributed by atoms with Crippen LogP contribution in [0.4, 0.5) is 5.69 Å². The smallest absolute Gasteiger partial charge is 0.262 e. The lowest BCUT2D eigenvalue weighted by Crippen LogP contribution is -2.36. The first kappa shape index (κ1) is 19.9. The number of amides is 3. The number of fused-ring (bicyclic) bond motifs is 1. The average Bonchev–Trinajstić information content (AvgIpc) is 3.35. The summed E-state index contributed by atoms with van der Waals surface area (Å²) < 4.78 is 16.2. The number of imide groups is 1. The summed E-state index contributed by atoms with van der Waals surface area (Å²) in [6.07, 6.45) is 1.65. The van der Waals surface area contributed by atoms with Crippen LogP contribution in [-0.4, -0.2) is 55.6 Å². The Labute approximate surface area is 173 Å². The number of nitrogens with one attached hydrogen (secondary N) is 1. The van der Waals surface area contributed by atoms with Gasteiger partial charge < -0.3 is 19.5 Å². The summed E-state index contributed by atoms with van der Waals surface area (Å²) in [4.78, 5) is 38.8. The minimum atomic E-state index is -0.395. The lowest BCUT2D eigenvalue weighted by atomic mass is 10.1. The molecule has 2 aliphatic rings. The van der Waals surface area contributed by atoms with E-state index in [0.717, 1.165) is 12.8 Å². The minimum absolute atomic E-state index is 0.112. The van der Waals surface area contributed by atoms with Gasteiger partial charge >= 0.3 is 0 Å². The largest absolute Gasteiger partial charge is 0.493 e. The predicted molar refractivity (Wildman–Crippen MR) is 108 cm³/mol. The molecule has 156 valence electrons. The molecule has 1 fully saturated rings. The minimum Gasteiger partial charge on any atom is -0.493 e. The van der Waals surface area contributed by atoms with E-state index in [1.165, 1.54) is 18.1 Å². The predicted octanol–water partition coefficient (Wildman–Crippen LogP) is 2.49. The molecule has 1 atom stereocenters. The highest BCUT2D eigenvalue weighted by Gasteiger charge is 2.37. The van der Waals surface area contributed by atoms with Gasteiger partial charge in [0.2, 0.25) is 0 Å². The zero-order valence-corrected chi connectivity index (χ0v) is 16.6. The van der Waals surface area contributed by atoms with Crippen LogP contribution in [0.2, 0.25) is 0 Å². The van der Waals surface area contributed by atoms with Crippen molar-refractivity contribution in [1.82, 2.24) is 4.90 Å². The molecular formula is C22H22N2O6. The monoisotopic (exact) mass is 410 g/mol. The fourth-order valence-electron chi connectivity index (χ4n) is 3.60. The molecule has 8 heteroatoms. The van der Waals surface area contributed by atoms with Gasteiger partial charge in [-0.1, -0.05) is 12.1 Å². The van der Waals surface area contributed by atoms with E-state index < -0.39 is 5.91 Å². The van der Waals surface area contributed by atoms with Crippen LogP contribution >= 0.6 is 0 Å². The molecule has 0 saturated carbocycles. The molecule has 0 radical (unpaired) electrons. The van der Waals surface area contributed by atoms with Gasteiger partial charge in [0.05, 0.1) is 30.9 Å². The maximum atomic E-state index is 12.7. The average molecular weight is 410 g/mol. The number of hydrogen-bond acceptors (Lipinski definition) is 6. The molecule has 0 bridgehead atoms. The van der Waals surface area contributed by atoms with Crippen LogP contribution in [0.1, 0.15) is 33.6 Å². The first-order valence-electron chi connectivity index (χ1n) is 9.74. The number of nitrogens with zero attached hydrogens (tertiary/aromatic N) is 1. The molecule has 4 rings (SSSR count). The Hall–Kier alpha value is -3.39. The quantitative estimate of drug-likeness (QED) is 0.705. The van der Waals surface area contributed by atoms with Gasteiger partial charge in [0.25, 0.3) is 17.7 Å². The van der Waals surface area contributed by atoms with Crippen LogP contribution in [0.5, 0.6) is 11.5 Å². The molecular weight excluding hydrogens is 388 g/mol. The molecule has 30 heavy (non-hydrogen) atoms. The number of rotatable bonds is 7. The van der Waals surface area contributed by atoms with Gasteiger partial charge in [0.15, 0.2) is 18.1 Å². The van der Waals surface area contributed by atoms with Crippen LogP contribution in [0.15, 0.2) is 42.5 Å². The van der Waals surface area contributed by atoms with Gasteiger partial charge in [-0.05, 0) is 43.2 Å². The van der Waals surface area contributed by atoms with Crippen LogP contribution in [0, 0.1) is 0 Å². The van der Waals surface area contributed by atoms with E-state index in [0.29, 0.717) is 29.4 Å².